The average Bonchev–Trinajstić information content (AvgIpc) is 3.08. The number of thiophene rings is 1. The molecule has 0 aliphatic heterocycles. The van der Waals surface area contributed by atoms with Crippen LogP contribution >= 0.6 is 35.3 Å². The van der Waals surface area contributed by atoms with Gasteiger partial charge < -0.3 is 20.3 Å². The van der Waals surface area contributed by atoms with Gasteiger partial charge in [0.15, 0.2) is 5.96 Å². The van der Waals surface area contributed by atoms with Gasteiger partial charge in [-0.2, -0.15) is 0 Å². The number of likely N-dealkylation sites (N-methyl/N-ethyl adjacent to an activating group) is 1. The van der Waals surface area contributed by atoms with Crippen LogP contribution in [0.5, 0.6) is 0 Å². The van der Waals surface area contributed by atoms with Crippen molar-refractivity contribution >= 4 is 47.2 Å². The maximum Gasteiger partial charge on any atom is 0.243 e. The number of nitrogens with one attached hydrogen (secondary N) is 2. The number of amides is 1. The Bertz CT molecular complexity index is 533. The quantitative estimate of drug-likeness (QED) is 0.297. The Morgan fingerprint density at radius 2 is 2.08 bits per heavy atom. The first-order chi connectivity index (χ1) is 11.8. The number of guanidine groups is 1. The van der Waals surface area contributed by atoms with Gasteiger partial charge >= 0.3 is 0 Å². The number of aliphatic imine (C=N–C) groups is 1. The summed E-state index contributed by atoms with van der Waals surface area (Å²) < 4.78 is 5.17. The second-order valence-electron chi connectivity index (χ2n) is 6.97. The molecular weight excluding hydrogens is 463 g/mol. The molecule has 0 unspecified atom stereocenters. The van der Waals surface area contributed by atoms with E-state index in [9.17, 15) is 4.79 Å². The van der Waals surface area contributed by atoms with Crippen LogP contribution in [-0.4, -0.2) is 64.2 Å². The lowest BCUT2D eigenvalue weighted by Gasteiger charge is -2.26. The highest BCUT2D eigenvalue weighted by Gasteiger charge is 2.18. The Labute approximate surface area is 178 Å². The van der Waals surface area contributed by atoms with Crippen molar-refractivity contribution in [1.29, 1.82) is 0 Å². The van der Waals surface area contributed by atoms with Crippen LogP contribution in [-0.2, 0) is 16.0 Å². The van der Waals surface area contributed by atoms with Crippen LogP contribution in [0.1, 0.15) is 25.1 Å². The second kappa shape index (κ2) is 13.3. The minimum Gasteiger partial charge on any atom is -0.385 e. The molecule has 0 aliphatic rings. The van der Waals surface area contributed by atoms with E-state index in [1.807, 2.05) is 0 Å². The van der Waals surface area contributed by atoms with Crippen LogP contribution in [0.25, 0.3) is 0 Å². The van der Waals surface area contributed by atoms with Gasteiger partial charge in [-0.15, -0.1) is 35.3 Å². The van der Waals surface area contributed by atoms with Crippen molar-refractivity contribution in [1.82, 2.24) is 15.5 Å². The molecule has 0 aliphatic carbocycles. The molecule has 8 heteroatoms. The fourth-order valence-corrected chi connectivity index (χ4v) is 2.72. The zero-order valence-electron chi connectivity index (χ0n) is 16.5. The maximum absolute atomic E-state index is 11.8. The van der Waals surface area contributed by atoms with Gasteiger partial charge in [-0.3, -0.25) is 4.79 Å². The fourth-order valence-electron chi connectivity index (χ4n) is 2.01. The van der Waals surface area contributed by atoms with E-state index in [0.717, 1.165) is 32.5 Å². The van der Waals surface area contributed by atoms with E-state index in [0.29, 0.717) is 5.96 Å². The van der Waals surface area contributed by atoms with Gasteiger partial charge in [0.25, 0.3) is 0 Å². The van der Waals surface area contributed by atoms with Crippen molar-refractivity contribution in [3.63, 3.8) is 0 Å². The van der Waals surface area contributed by atoms with E-state index < -0.39 is 0 Å². The summed E-state index contributed by atoms with van der Waals surface area (Å²) in [5.74, 6) is 0.662. The number of nitrogens with zero attached hydrogens (tertiary/aromatic N) is 2. The number of hydrogen-bond acceptors (Lipinski definition) is 4. The number of halogens is 1. The summed E-state index contributed by atoms with van der Waals surface area (Å²) in [6.45, 7) is 6.78. The van der Waals surface area contributed by atoms with E-state index in [2.05, 4.69) is 47.0 Å². The lowest BCUT2D eigenvalue weighted by molar-refractivity contribution is -0.127. The predicted octanol–water partition coefficient (Wildman–Crippen LogP) is 2.59. The summed E-state index contributed by atoms with van der Waals surface area (Å²) in [6, 6.07) is 4.18. The highest BCUT2D eigenvalue weighted by molar-refractivity contribution is 14.0. The van der Waals surface area contributed by atoms with Crippen molar-refractivity contribution in [2.24, 2.45) is 10.4 Å². The predicted molar refractivity (Wildman–Crippen MR) is 121 cm³/mol. The molecule has 0 saturated heterocycles. The Morgan fingerprint density at radius 1 is 1.35 bits per heavy atom. The summed E-state index contributed by atoms with van der Waals surface area (Å²) in [5.41, 5.74) is 0.0811. The third-order valence-electron chi connectivity index (χ3n) is 3.83. The zero-order chi connectivity index (χ0) is 18.7. The van der Waals surface area contributed by atoms with Crippen molar-refractivity contribution in [2.75, 3.05) is 47.4 Å². The van der Waals surface area contributed by atoms with Crippen molar-refractivity contribution in [3.05, 3.63) is 22.4 Å². The number of hydrogen-bond donors (Lipinski definition) is 2. The number of rotatable bonds is 10. The fraction of sp³-hybridized carbons (Fsp3) is 0.667. The smallest absolute Gasteiger partial charge is 0.243 e. The second-order valence-corrected chi connectivity index (χ2v) is 8.00. The van der Waals surface area contributed by atoms with E-state index >= 15 is 0 Å². The third-order valence-corrected chi connectivity index (χ3v) is 4.77. The maximum atomic E-state index is 11.8. The van der Waals surface area contributed by atoms with Crippen LogP contribution in [0, 0.1) is 5.41 Å². The SMILES string of the molecule is COCCC(C)(C)CNC(=NCC(=O)N(C)C)NCCc1cccs1.I. The molecule has 2 N–H and O–H groups in total. The first-order valence-corrected chi connectivity index (χ1v) is 9.46. The van der Waals surface area contributed by atoms with Gasteiger partial charge in [0.05, 0.1) is 0 Å². The third kappa shape index (κ3) is 11.0. The van der Waals surface area contributed by atoms with E-state index in [1.54, 1.807) is 37.4 Å². The van der Waals surface area contributed by atoms with Crippen LogP contribution in [0.4, 0.5) is 0 Å². The normalized spacial score (nSPS) is 11.7. The summed E-state index contributed by atoms with van der Waals surface area (Å²) >= 11 is 1.75. The Hall–Kier alpha value is -0.870. The minimum absolute atomic E-state index is 0. The van der Waals surface area contributed by atoms with Crippen molar-refractivity contribution < 1.29 is 9.53 Å². The Morgan fingerprint density at radius 3 is 2.65 bits per heavy atom. The molecule has 0 radical (unpaired) electrons. The summed E-state index contributed by atoms with van der Waals surface area (Å²) in [7, 11) is 5.20. The van der Waals surface area contributed by atoms with Crippen molar-refractivity contribution in [3.8, 4) is 0 Å². The molecule has 1 heterocycles. The van der Waals surface area contributed by atoms with Gasteiger partial charge in [0, 0.05) is 45.8 Å². The Balaban J connectivity index is 0.00000625. The summed E-state index contributed by atoms with van der Waals surface area (Å²) in [6.07, 6.45) is 1.89. The summed E-state index contributed by atoms with van der Waals surface area (Å²) in [4.78, 5) is 19.1. The molecule has 26 heavy (non-hydrogen) atoms. The number of methoxy groups -OCH3 is 1. The number of carbonyl (C=O) groups is 1. The van der Waals surface area contributed by atoms with E-state index in [4.69, 9.17) is 4.74 Å². The minimum atomic E-state index is -0.0157. The number of carbonyl (C=O) groups excluding carboxylic acids is 1. The summed E-state index contributed by atoms with van der Waals surface area (Å²) in [5, 5.41) is 8.76. The average molecular weight is 496 g/mol. The Kier molecular flexibility index (Phi) is 12.9. The van der Waals surface area contributed by atoms with Crippen LogP contribution in [0.3, 0.4) is 0 Å². The van der Waals surface area contributed by atoms with Gasteiger partial charge in [-0.25, -0.2) is 4.99 Å². The first-order valence-electron chi connectivity index (χ1n) is 8.58. The lowest BCUT2D eigenvalue weighted by atomic mass is 9.90. The molecule has 0 atom stereocenters. The standard InChI is InChI=1S/C18H32N4O2S.HI/c1-18(2,9-11-24-5)14-21-17(20-13-16(23)22(3)4)19-10-8-15-7-6-12-25-15;/h6-7,12H,8-11,13-14H2,1-5H3,(H2,19,20,21);1H. The van der Waals surface area contributed by atoms with Crippen LogP contribution < -0.4 is 10.6 Å². The van der Waals surface area contributed by atoms with Crippen molar-refractivity contribution in [2.45, 2.75) is 26.7 Å². The van der Waals surface area contributed by atoms with E-state index in [1.165, 1.54) is 4.88 Å². The van der Waals surface area contributed by atoms with Crippen LogP contribution in [0.2, 0.25) is 0 Å². The topological polar surface area (TPSA) is 66.0 Å². The zero-order valence-corrected chi connectivity index (χ0v) is 19.6. The number of ether oxygens (including phenoxy) is 1. The molecule has 150 valence electrons. The van der Waals surface area contributed by atoms with Gasteiger partial charge in [0.1, 0.15) is 6.54 Å². The molecular formula is C18H33IN4O2S. The molecule has 1 rings (SSSR count). The lowest BCUT2D eigenvalue weighted by Crippen LogP contribution is -2.43. The van der Waals surface area contributed by atoms with Gasteiger partial charge in [-0.1, -0.05) is 19.9 Å². The van der Waals surface area contributed by atoms with E-state index in [-0.39, 0.29) is 41.8 Å². The molecule has 0 aromatic carbocycles. The highest BCUT2D eigenvalue weighted by Crippen LogP contribution is 2.18. The molecule has 1 amide bonds. The van der Waals surface area contributed by atoms with Gasteiger partial charge in [-0.05, 0) is 29.7 Å². The largest absolute Gasteiger partial charge is 0.385 e. The molecule has 6 nitrogen and oxygen atoms in total. The molecule has 1 aromatic heterocycles. The highest BCUT2D eigenvalue weighted by atomic mass is 127. The molecule has 0 spiro atoms. The monoisotopic (exact) mass is 496 g/mol. The molecule has 0 bridgehead atoms. The molecule has 0 fully saturated rings. The molecule has 0 saturated carbocycles. The van der Waals surface area contributed by atoms with Crippen LogP contribution in [0.15, 0.2) is 22.5 Å². The van der Waals surface area contributed by atoms with Gasteiger partial charge in [0.2, 0.25) is 5.91 Å². The first kappa shape index (κ1) is 25.1. The molecule has 1 aromatic rings.